The van der Waals surface area contributed by atoms with E-state index in [-0.39, 0.29) is 0 Å². The van der Waals surface area contributed by atoms with Crippen LogP contribution in [0.25, 0.3) is 0 Å². The summed E-state index contributed by atoms with van der Waals surface area (Å²) in [6.07, 6.45) is 1.74. The maximum Gasteiger partial charge on any atom is 0.218 e. The Morgan fingerprint density at radius 2 is 2.33 bits per heavy atom. The van der Waals surface area contributed by atoms with Gasteiger partial charge in [0.2, 0.25) is 5.88 Å². The monoisotopic (exact) mass is 253 g/mol. The van der Waals surface area contributed by atoms with E-state index in [1.807, 2.05) is 11.8 Å². The van der Waals surface area contributed by atoms with E-state index >= 15 is 0 Å². The molecule has 2 rings (SSSR count). The van der Waals surface area contributed by atoms with Crippen LogP contribution >= 0.6 is 0 Å². The van der Waals surface area contributed by atoms with Crippen molar-refractivity contribution in [3.05, 3.63) is 12.4 Å². The summed E-state index contributed by atoms with van der Waals surface area (Å²) in [5.41, 5.74) is -0.979. The zero-order valence-electron chi connectivity index (χ0n) is 10.7. The Morgan fingerprint density at radius 1 is 1.56 bits per heavy atom. The van der Waals surface area contributed by atoms with Crippen molar-refractivity contribution in [1.82, 2.24) is 9.97 Å². The van der Waals surface area contributed by atoms with Gasteiger partial charge >= 0.3 is 0 Å². The summed E-state index contributed by atoms with van der Waals surface area (Å²) in [4.78, 5) is 10.0. The maximum atomic E-state index is 10.2. The molecule has 0 bridgehead atoms. The van der Waals surface area contributed by atoms with Gasteiger partial charge in [0.15, 0.2) is 0 Å². The highest BCUT2D eigenvalue weighted by Crippen LogP contribution is 2.28. The quantitative estimate of drug-likeness (QED) is 0.801. The minimum atomic E-state index is -0.979. The molecule has 2 atom stereocenters. The van der Waals surface area contributed by atoms with E-state index in [9.17, 15) is 10.2 Å². The van der Waals surface area contributed by atoms with Gasteiger partial charge in [0.25, 0.3) is 0 Å². The number of hydrogen-bond acceptors (Lipinski definition) is 6. The number of hydrogen-bond donors (Lipinski definition) is 2. The minimum absolute atomic E-state index is 0.366. The molecule has 1 aromatic heterocycles. The van der Waals surface area contributed by atoms with Crippen LogP contribution in [0.2, 0.25) is 0 Å². The third-order valence-corrected chi connectivity index (χ3v) is 3.60. The Balaban J connectivity index is 2.12. The molecule has 18 heavy (non-hydrogen) atoms. The molecular weight excluding hydrogens is 234 g/mol. The normalized spacial score (nSPS) is 28.2. The zero-order valence-corrected chi connectivity index (χ0v) is 10.7. The standard InChI is InChI=1S/C12H19N3O3/c1-3-12(17)4-5-15(7-9(12)16)10-6-11(18-2)14-8-13-10/h6,8-9,16-17H,3-5,7H2,1-2H3/t9-,12-/m1/s1. The molecular formula is C12H19N3O3. The van der Waals surface area contributed by atoms with Crippen molar-refractivity contribution in [3.8, 4) is 5.88 Å². The lowest BCUT2D eigenvalue weighted by atomic mass is 9.86. The van der Waals surface area contributed by atoms with Crippen LogP contribution in [0.3, 0.4) is 0 Å². The van der Waals surface area contributed by atoms with Crippen LogP contribution in [-0.4, -0.2) is 52.1 Å². The molecule has 1 aromatic rings. The van der Waals surface area contributed by atoms with Crippen molar-refractivity contribution < 1.29 is 14.9 Å². The van der Waals surface area contributed by atoms with E-state index < -0.39 is 11.7 Å². The largest absolute Gasteiger partial charge is 0.481 e. The van der Waals surface area contributed by atoms with Crippen molar-refractivity contribution >= 4 is 5.82 Å². The molecule has 6 nitrogen and oxygen atoms in total. The summed E-state index contributed by atoms with van der Waals surface area (Å²) in [5.74, 6) is 1.20. The average molecular weight is 253 g/mol. The molecule has 1 saturated heterocycles. The number of aromatic nitrogens is 2. The Labute approximate surface area is 106 Å². The smallest absolute Gasteiger partial charge is 0.218 e. The highest BCUT2D eigenvalue weighted by atomic mass is 16.5. The molecule has 0 aromatic carbocycles. The number of ether oxygens (including phenoxy) is 1. The summed E-state index contributed by atoms with van der Waals surface area (Å²) in [6, 6.07) is 1.73. The SMILES string of the molecule is CC[C@@]1(O)CCN(c2cc(OC)ncn2)C[C@H]1O. The highest BCUT2D eigenvalue weighted by Gasteiger charge is 2.39. The third-order valence-electron chi connectivity index (χ3n) is 3.60. The fourth-order valence-electron chi connectivity index (χ4n) is 2.20. The maximum absolute atomic E-state index is 10.2. The molecule has 0 spiro atoms. The van der Waals surface area contributed by atoms with Crippen LogP contribution in [0.4, 0.5) is 5.82 Å². The number of aliphatic hydroxyl groups excluding tert-OH is 1. The molecule has 0 saturated carbocycles. The van der Waals surface area contributed by atoms with Gasteiger partial charge in [-0.05, 0) is 12.8 Å². The van der Waals surface area contributed by atoms with Gasteiger partial charge in [-0.3, -0.25) is 0 Å². The van der Waals surface area contributed by atoms with Crippen LogP contribution in [0.5, 0.6) is 5.88 Å². The number of anilines is 1. The average Bonchev–Trinajstić information content (AvgIpc) is 2.42. The first-order valence-electron chi connectivity index (χ1n) is 6.10. The van der Waals surface area contributed by atoms with E-state index in [1.54, 1.807) is 13.2 Å². The summed E-state index contributed by atoms with van der Waals surface area (Å²) in [6.45, 7) is 2.90. The first-order valence-corrected chi connectivity index (χ1v) is 6.10. The lowest BCUT2D eigenvalue weighted by Gasteiger charge is -2.42. The van der Waals surface area contributed by atoms with Crippen LogP contribution < -0.4 is 9.64 Å². The molecule has 1 fully saturated rings. The number of methoxy groups -OCH3 is 1. The molecule has 1 aliphatic rings. The second kappa shape index (κ2) is 5.07. The van der Waals surface area contributed by atoms with E-state index in [2.05, 4.69) is 9.97 Å². The molecule has 6 heteroatoms. The van der Waals surface area contributed by atoms with Crippen molar-refractivity contribution in [2.75, 3.05) is 25.1 Å². The van der Waals surface area contributed by atoms with Gasteiger partial charge in [0, 0.05) is 19.2 Å². The molecule has 2 heterocycles. The van der Waals surface area contributed by atoms with E-state index in [0.717, 1.165) is 0 Å². The Kier molecular flexibility index (Phi) is 3.68. The molecule has 0 radical (unpaired) electrons. The molecule has 0 amide bonds. The van der Waals surface area contributed by atoms with Gasteiger partial charge in [0.1, 0.15) is 18.2 Å². The van der Waals surface area contributed by atoms with Crippen LogP contribution in [-0.2, 0) is 0 Å². The number of piperidine rings is 1. The predicted molar refractivity (Wildman–Crippen MR) is 66.7 cm³/mol. The van der Waals surface area contributed by atoms with Crippen molar-refractivity contribution in [2.45, 2.75) is 31.5 Å². The molecule has 1 aliphatic heterocycles. The minimum Gasteiger partial charge on any atom is -0.481 e. The fraction of sp³-hybridized carbons (Fsp3) is 0.667. The Morgan fingerprint density at radius 3 is 2.94 bits per heavy atom. The van der Waals surface area contributed by atoms with Gasteiger partial charge in [0.05, 0.1) is 12.7 Å². The summed E-state index contributed by atoms with van der Waals surface area (Å²) in [7, 11) is 1.55. The van der Waals surface area contributed by atoms with E-state index in [0.29, 0.717) is 37.6 Å². The first-order chi connectivity index (χ1) is 8.59. The summed E-state index contributed by atoms with van der Waals surface area (Å²) in [5, 5.41) is 20.2. The second-order valence-electron chi connectivity index (χ2n) is 4.59. The number of rotatable bonds is 3. The number of β-amino-alcohol motifs (C(OH)–C–C–N with tert-alkyl or cyclic N) is 1. The van der Waals surface area contributed by atoms with Gasteiger partial charge in [-0.2, -0.15) is 0 Å². The summed E-state index contributed by atoms with van der Waals surface area (Å²) < 4.78 is 5.04. The highest BCUT2D eigenvalue weighted by molar-refractivity contribution is 5.41. The first kappa shape index (κ1) is 13.0. The van der Waals surface area contributed by atoms with Crippen LogP contribution in [0.1, 0.15) is 19.8 Å². The zero-order chi connectivity index (χ0) is 13.2. The molecule has 100 valence electrons. The van der Waals surface area contributed by atoms with E-state index in [1.165, 1.54) is 6.33 Å². The Bertz CT molecular complexity index is 415. The lowest BCUT2D eigenvalue weighted by Crippen LogP contribution is -2.55. The van der Waals surface area contributed by atoms with Gasteiger partial charge in [-0.1, -0.05) is 6.92 Å². The molecule has 2 N–H and O–H groups in total. The molecule has 0 aliphatic carbocycles. The van der Waals surface area contributed by atoms with Crippen LogP contribution in [0.15, 0.2) is 12.4 Å². The van der Waals surface area contributed by atoms with Gasteiger partial charge in [-0.25, -0.2) is 9.97 Å². The van der Waals surface area contributed by atoms with E-state index in [4.69, 9.17) is 4.74 Å². The lowest BCUT2D eigenvalue weighted by molar-refractivity contribution is -0.0879. The molecule has 0 unspecified atom stereocenters. The third kappa shape index (κ3) is 2.39. The Hall–Kier alpha value is -1.40. The van der Waals surface area contributed by atoms with Crippen molar-refractivity contribution in [2.24, 2.45) is 0 Å². The van der Waals surface area contributed by atoms with Gasteiger partial charge < -0.3 is 19.8 Å². The number of aliphatic hydroxyl groups is 2. The number of nitrogens with zero attached hydrogens (tertiary/aromatic N) is 3. The fourth-order valence-corrected chi connectivity index (χ4v) is 2.20. The van der Waals surface area contributed by atoms with Gasteiger partial charge in [-0.15, -0.1) is 0 Å². The summed E-state index contributed by atoms with van der Waals surface area (Å²) >= 11 is 0. The van der Waals surface area contributed by atoms with Crippen molar-refractivity contribution in [1.29, 1.82) is 0 Å². The predicted octanol–water partition coefficient (Wildman–Crippen LogP) is 0.197. The second-order valence-corrected chi connectivity index (χ2v) is 4.59. The van der Waals surface area contributed by atoms with Crippen molar-refractivity contribution in [3.63, 3.8) is 0 Å². The van der Waals surface area contributed by atoms with Crippen LogP contribution in [0, 0.1) is 0 Å². The topological polar surface area (TPSA) is 78.7 Å².